The van der Waals surface area contributed by atoms with E-state index in [0.29, 0.717) is 11.4 Å². The molecule has 0 fully saturated rings. The van der Waals surface area contributed by atoms with E-state index in [2.05, 4.69) is 5.32 Å². The fourth-order valence-electron chi connectivity index (χ4n) is 1.28. The van der Waals surface area contributed by atoms with E-state index < -0.39 is 6.04 Å². The van der Waals surface area contributed by atoms with Crippen LogP contribution in [0.5, 0.6) is 5.75 Å². The SMILES string of the molecule is CC(C)C(N)C(=O)Nc1ccc(OCC#N)cc1. The zero-order chi connectivity index (χ0) is 13.5. The van der Waals surface area contributed by atoms with Gasteiger partial charge in [-0.05, 0) is 30.2 Å². The molecule has 1 atom stereocenters. The van der Waals surface area contributed by atoms with Crippen molar-refractivity contribution in [2.24, 2.45) is 11.7 Å². The molecule has 1 aromatic rings. The van der Waals surface area contributed by atoms with Gasteiger partial charge in [-0.1, -0.05) is 13.8 Å². The van der Waals surface area contributed by atoms with Crippen LogP contribution in [0, 0.1) is 17.2 Å². The standard InChI is InChI=1S/C13H17N3O2/c1-9(2)12(15)13(17)16-10-3-5-11(6-4-10)18-8-7-14/h3-6,9,12H,8,15H2,1-2H3,(H,16,17). The summed E-state index contributed by atoms with van der Waals surface area (Å²) in [4.78, 5) is 11.7. The Morgan fingerprint density at radius 3 is 2.56 bits per heavy atom. The second kappa shape index (κ2) is 6.62. The number of carbonyl (C=O) groups excluding carboxylic acids is 1. The summed E-state index contributed by atoms with van der Waals surface area (Å²) in [5, 5.41) is 11.1. The first kappa shape index (κ1) is 14.0. The second-order valence-electron chi connectivity index (χ2n) is 4.23. The lowest BCUT2D eigenvalue weighted by Crippen LogP contribution is -2.39. The molecule has 0 radical (unpaired) electrons. The zero-order valence-electron chi connectivity index (χ0n) is 10.5. The molecule has 0 aliphatic rings. The van der Waals surface area contributed by atoms with Crippen molar-refractivity contribution in [1.29, 1.82) is 5.26 Å². The lowest BCUT2D eigenvalue weighted by Gasteiger charge is -2.15. The number of rotatable bonds is 5. The Kier molecular flexibility index (Phi) is 5.15. The number of nitrogens with two attached hydrogens (primary N) is 1. The average molecular weight is 247 g/mol. The first-order chi connectivity index (χ1) is 8.54. The van der Waals surface area contributed by atoms with Crippen LogP contribution < -0.4 is 15.8 Å². The Labute approximate surface area is 107 Å². The highest BCUT2D eigenvalue weighted by Crippen LogP contribution is 2.16. The Bertz CT molecular complexity index is 435. The summed E-state index contributed by atoms with van der Waals surface area (Å²) in [6.45, 7) is 3.79. The van der Waals surface area contributed by atoms with Crippen LogP contribution in [0.25, 0.3) is 0 Å². The average Bonchev–Trinajstić information content (AvgIpc) is 2.36. The summed E-state index contributed by atoms with van der Waals surface area (Å²) in [5.74, 6) is 0.460. The lowest BCUT2D eigenvalue weighted by atomic mass is 10.1. The molecular weight excluding hydrogens is 230 g/mol. The second-order valence-corrected chi connectivity index (χ2v) is 4.23. The van der Waals surface area contributed by atoms with Crippen LogP contribution in [0.1, 0.15) is 13.8 Å². The number of carbonyl (C=O) groups is 1. The molecule has 0 saturated heterocycles. The summed E-state index contributed by atoms with van der Waals surface area (Å²) in [7, 11) is 0. The molecule has 0 spiro atoms. The molecule has 0 aromatic heterocycles. The minimum Gasteiger partial charge on any atom is -0.479 e. The van der Waals surface area contributed by atoms with Crippen LogP contribution in [0.15, 0.2) is 24.3 Å². The predicted octanol–water partition coefficient (Wildman–Crippen LogP) is 1.51. The summed E-state index contributed by atoms with van der Waals surface area (Å²) in [5.41, 5.74) is 6.38. The van der Waals surface area contributed by atoms with Gasteiger partial charge in [0.1, 0.15) is 11.8 Å². The van der Waals surface area contributed by atoms with Crippen molar-refractivity contribution >= 4 is 11.6 Å². The van der Waals surface area contributed by atoms with Crippen LogP contribution in [-0.2, 0) is 4.79 Å². The van der Waals surface area contributed by atoms with Gasteiger partial charge in [0, 0.05) is 5.69 Å². The van der Waals surface area contributed by atoms with Crippen LogP contribution >= 0.6 is 0 Å². The van der Waals surface area contributed by atoms with Crippen LogP contribution in [0.3, 0.4) is 0 Å². The van der Waals surface area contributed by atoms with Gasteiger partial charge in [0.05, 0.1) is 6.04 Å². The third-order valence-electron chi connectivity index (χ3n) is 2.45. The maximum Gasteiger partial charge on any atom is 0.241 e. The quantitative estimate of drug-likeness (QED) is 0.825. The highest BCUT2D eigenvalue weighted by Gasteiger charge is 2.16. The van der Waals surface area contributed by atoms with Crippen molar-refractivity contribution in [3.8, 4) is 11.8 Å². The maximum absolute atomic E-state index is 11.7. The van der Waals surface area contributed by atoms with Gasteiger partial charge in [-0.25, -0.2) is 0 Å². The normalized spacial score (nSPS) is 11.7. The Morgan fingerprint density at radius 2 is 2.06 bits per heavy atom. The van der Waals surface area contributed by atoms with Gasteiger partial charge < -0.3 is 15.8 Å². The molecule has 1 rings (SSSR count). The molecule has 0 aliphatic heterocycles. The van der Waals surface area contributed by atoms with E-state index in [-0.39, 0.29) is 18.4 Å². The molecule has 1 aromatic carbocycles. The molecule has 0 saturated carbocycles. The van der Waals surface area contributed by atoms with Gasteiger partial charge in [0.25, 0.3) is 0 Å². The largest absolute Gasteiger partial charge is 0.479 e. The molecule has 0 aliphatic carbocycles. The van der Waals surface area contributed by atoms with Crippen LogP contribution in [-0.4, -0.2) is 18.6 Å². The Hall–Kier alpha value is -2.06. The molecule has 5 nitrogen and oxygen atoms in total. The topological polar surface area (TPSA) is 88.1 Å². The van der Waals surface area contributed by atoms with Crippen molar-refractivity contribution in [3.05, 3.63) is 24.3 Å². The van der Waals surface area contributed by atoms with Crippen LogP contribution in [0.2, 0.25) is 0 Å². The van der Waals surface area contributed by atoms with Crippen molar-refractivity contribution < 1.29 is 9.53 Å². The summed E-state index contributed by atoms with van der Waals surface area (Å²) >= 11 is 0. The third kappa shape index (κ3) is 4.07. The minimum atomic E-state index is -0.528. The molecule has 18 heavy (non-hydrogen) atoms. The lowest BCUT2D eigenvalue weighted by molar-refractivity contribution is -0.118. The molecule has 96 valence electrons. The number of benzene rings is 1. The first-order valence-electron chi connectivity index (χ1n) is 5.71. The van der Waals surface area contributed by atoms with Gasteiger partial charge in [0.2, 0.25) is 5.91 Å². The monoisotopic (exact) mass is 247 g/mol. The molecule has 0 bridgehead atoms. The summed E-state index contributed by atoms with van der Waals surface area (Å²) in [6.07, 6.45) is 0. The number of hydrogen-bond acceptors (Lipinski definition) is 4. The maximum atomic E-state index is 11.7. The van der Waals surface area contributed by atoms with Gasteiger partial charge in [0.15, 0.2) is 6.61 Å². The molecule has 1 unspecified atom stereocenters. The van der Waals surface area contributed by atoms with E-state index in [1.165, 1.54) is 0 Å². The number of nitrogens with one attached hydrogen (secondary N) is 1. The molecule has 5 heteroatoms. The minimum absolute atomic E-state index is 0.00390. The van der Waals surface area contributed by atoms with Crippen molar-refractivity contribution in [1.82, 2.24) is 0 Å². The van der Waals surface area contributed by atoms with Crippen molar-refractivity contribution in [3.63, 3.8) is 0 Å². The van der Waals surface area contributed by atoms with E-state index in [4.69, 9.17) is 15.7 Å². The van der Waals surface area contributed by atoms with Crippen molar-refractivity contribution in [2.75, 3.05) is 11.9 Å². The Balaban J connectivity index is 2.59. The first-order valence-corrected chi connectivity index (χ1v) is 5.71. The fourth-order valence-corrected chi connectivity index (χ4v) is 1.28. The van der Waals surface area contributed by atoms with E-state index in [9.17, 15) is 4.79 Å². The summed E-state index contributed by atoms with van der Waals surface area (Å²) < 4.78 is 5.10. The van der Waals surface area contributed by atoms with Crippen LogP contribution in [0.4, 0.5) is 5.69 Å². The molecule has 3 N–H and O–H groups in total. The highest BCUT2D eigenvalue weighted by atomic mass is 16.5. The third-order valence-corrected chi connectivity index (χ3v) is 2.45. The van der Waals surface area contributed by atoms with Gasteiger partial charge in [-0.3, -0.25) is 4.79 Å². The van der Waals surface area contributed by atoms with Gasteiger partial charge >= 0.3 is 0 Å². The van der Waals surface area contributed by atoms with Gasteiger partial charge in [-0.15, -0.1) is 0 Å². The van der Waals surface area contributed by atoms with E-state index in [1.807, 2.05) is 19.9 Å². The molecular formula is C13H17N3O2. The fraction of sp³-hybridized carbons (Fsp3) is 0.385. The number of nitrogens with zero attached hydrogens (tertiary/aromatic N) is 1. The van der Waals surface area contributed by atoms with E-state index in [0.717, 1.165) is 0 Å². The van der Waals surface area contributed by atoms with Gasteiger partial charge in [-0.2, -0.15) is 5.26 Å². The Morgan fingerprint density at radius 1 is 1.44 bits per heavy atom. The molecule has 0 heterocycles. The van der Waals surface area contributed by atoms with E-state index in [1.54, 1.807) is 24.3 Å². The number of amides is 1. The number of ether oxygens (including phenoxy) is 1. The predicted molar refractivity (Wildman–Crippen MR) is 69.0 cm³/mol. The number of anilines is 1. The smallest absolute Gasteiger partial charge is 0.241 e. The molecule has 1 amide bonds. The zero-order valence-corrected chi connectivity index (χ0v) is 10.5. The number of hydrogen-bond donors (Lipinski definition) is 2. The van der Waals surface area contributed by atoms with Crippen molar-refractivity contribution in [2.45, 2.75) is 19.9 Å². The number of nitriles is 1. The highest BCUT2D eigenvalue weighted by molar-refractivity contribution is 5.94. The van der Waals surface area contributed by atoms with E-state index >= 15 is 0 Å². The summed E-state index contributed by atoms with van der Waals surface area (Å²) in [6, 6.07) is 8.14.